The molecule has 1 unspecified atom stereocenters. The molecule has 4 aliphatic carbocycles. The average Bonchev–Trinajstić information content (AvgIpc) is 3.42. The van der Waals surface area contributed by atoms with Gasteiger partial charge in [-0.25, -0.2) is 0 Å². The van der Waals surface area contributed by atoms with Gasteiger partial charge in [0.25, 0.3) is 8.32 Å². The van der Waals surface area contributed by atoms with E-state index in [0.717, 1.165) is 38.5 Å². The maximum Gasteiger partial charge on any atom is 0.261 e. The van der Waals surface area contributed by atoms with Gasteiger partial charge in [-0.05, 0) is 129 Å². The van der Waals surface area contributed by atoms with Crippen molar-refractivity contribution in [3.05, 3.63) is 72.8 Å². The van der Waals surface area contributed by atoms with E-state index in [1.165, 1.54) is 29.6 Å². The first-order valence-electron chi connectivity index (χ1n) is 20.1. The van der Waals surface area contributed by atoms with Crippen LogP contribution >= 0.6 is 0 Å². The lowest BCUT2D eigenvalue weighted by atomic mass is 9.57. The van der Waals surface area contributed by atoms with Gasteiger partial charge in [0, 0.05) is 19.1 Å². The standard InChI is InChI=1S/C46H66O4Si/c1-10-48-35(3)49-43(7,8)26-17-19-34(2)40-24-25-41-44(40,9)27-18-28-46(41,47)30-29-45-32-36(45)31-37(33-45)50-51(42(4,5)6,38-20-13-11-14-21-38)39-22-15-12-16-23-39/h11-16,20-23,29-30,34-37,40-41,47H,10,18-19,24-25,27-28,31-33H2,1-9H3/b30-29+/t34-,35?,36-,37+,40-,41+,44-,45-,46+/m1/s1. The van der Waals surface area contributed by atoms with Crippen molar-refractivity contribution in [2.24, 2.45) is 34.5 Å². The van der Waals surface area contributed by atoms with Crippen LogP contribution in [0.3, 0.4) is 0 Å². The molecule has 0 aliphatic heterocycles. The third kappa shape index (κ3) is 7.61. The van der Waals surface area contributed by atoms with Gasteiger partial charge in [-0.2, -0.15) is 0 Å². The maximum atomic E-state index is 12.5. The lowest BCUT2D eigenvalue weighted by molar-refractivity contribution is -0.169. The van der Waals surface area contributed by atoms with Crippen LogP contribution in [0.25, 0.3) is 0 Å². The molecule has 5 heteroatoms. The Bertz CT molecular complexity index is 1530. The van der Waals surface area contributed by atoms with Crippen LogP contribution in [0.2, 0.25) is 5.04 Å². The molecule has 0 spiro atoms. The number of fused-ring (bicyclic) bond motifs is 2. The van der Waals surface area contributed by atoms with Crippen molar-refractivity contribution >= 4 is 18.7 Å². The molecule has 0 amide bonds. The zero-order valence-corrected chi connectivity index (χ0v) is 34.1. The second-order valence-electron chi connectivity index (χ2n) is 18.5. The summed E-state index contributed by atoms with van der Waals surface area (Å²) in [5.74, 6) is 8.85. The Labute approximate surface area is 311 Å². The smallest absolute Gasteiger partial charge is 0.261 e. The number of aliphatic hydroxyl groups is 1. The molecule has 0 saturated heterocycles. The number of hydrogen-bond donors (Lipinski definition) is 1. The molecule has 0 heterocycles. The Hall–Kier alpha value is -2.20. The Kier molecular flexibility index (Phi) is 11.0. The molecule has 0 aromatic heterocycles. The molecule has 278 valence electrons. The first kappa shape index (κ1) is 38.5. The highest BCUT2D eigenvalue weighted by atomic mass is 28.4. The Balaban J connectivity index is 1.15. The van der Waals surface area contributed by atoms with Crippen LogP contribution in [0.15, 0.2) is 72.8 Å². The van der Waals surface area contributed by atoms with Crippen LogP contribution in [0.4, 0.5) is 0 Å². The molecule has 2 aromatic rings. The molecule has 4 aliphatic rings. The third-order valence-electron chi connectivity index (χ3n) is 13.6. The summed E-state index contributed by atoms with van der Waals surface area (Å²) >= 11 is 0. The molecule has 6 rings (SSSR count). The van der Waals surface area contributed by atoms with Crippen LogP contribution in [0, 0.1) is 46.3 Å². The minimum Gasteiger partial charge on any atom is -0.404 e. The number of ether oxygens (including phenoxy) is 2. The predicted octanol–water partition coefficient (Wildman–Crippen LogP) is 9.44. The minimum absolute atomic E-state index is 0.0267. The first-order valence-corrected chi connectivity index (χ1v) is 22.0. The highest BCUT2D eigenvalue weighted by molar-refractivity contribution is 6.99. The van der Waals surface area contributed by atoms with Crippen molar-refractivity contribution in [1.29, 1.82) is 0 Å². The van der Waals surface area contributed by atoms with Crippen molar-refractivity contribution in [2.75, 3.05) is 6.61 Å². The number of allylic oxidation sites excluding steroid dienone is 1. The minimum atomic E-state index is -2.60. The summed E-state index contributed by atoms with van der Waals surface area (Å²) in [5.41, 5.74) is -0.998. The summed E-state index contributed by atoms with van der Waals surface area (Å²) in [7, 11) is -2.60. The summed E-state index contributed by atoms with van der Waals surface area (Å²) in [4.78, 5) is 0. The summed E-state index contributed by atoms with van der Waals surface area (Å²) in [6.45, 7) is 20.6. The van der Waals surface area contributed by atoms with Crippen molar-refractivity contribution in [2.45, 2.75) is 149 Å². The SMILES string of the molecule is CCOC(C)OC(C)(C)C#CC[C@@H](C)[C@H]1CC[C@H]2[C@]1(C)CCC[C@]2(O)/C=C/[C@@]12C[C@@H](O[Si](c3ccccc3)(c3ccccc3)C(C)(C)C)C[C@@H]1C2. The molecule has 4 nitrogen and oxygen atoms in total. The van der Waals surface area contributed by atoms with Crippen LogP contribution in [0.5, 0.6) is 0 Å². The quantitative estimate of drug-likeness (QED) is 0.103. The molecule has 0 radical (unpaired) electrons. The van der Waals surface area contributed by atoms with E-state index in [-0.39, 0.29) is 28.3 Å². The van der Waals surface area contributed by atoms with Crippen molar-refractivity contribution in [3.63, 3.8) is 0 Å². The van der Waals surface area contributed by atoms with E-state index >= 15 is 0 Å². The van der Waals surface area contributed by atoms with Crippen molar-refractivity contribution in [1.82, 2.24) is 0 Å². The maximum absolute atomic E-state index is 12.5. The molecule has 4 fully saturated rings. The molecular weight excluding hydrogens is 645 g/mol. The average molecular weight is 711 g/mol. The number of hydrogen-bond acceptors (Lipinski definition) is 4. The number of rotatable bonds is 12. The third-order valence-corrected chi connectivity index (χ3v) is 18.7. The predicted molar refractivity (Wildman–Crippen MR) is 212 cm³/mol. The van der Waals surface area contributed by atoms with E-state index in [9.17, 15) is 5.11 Å². The van der Waals surface area contributed by atoms with E-state index in [1.54, 1.807) is 0 Å². The summed E-state index contributed by atoms with van der Waals surface area (Å²) in [5, 5.41) is 15.2. The number of benzene rings is 2. The van der Waals surface area contributed by atoms with Crippen LogP contribution < -0.4 is 10.4 Å². The molecule has 9 atom stereocenters. The van der Waals surface area contributed by atoms with Crippen LogP contribution in [-0.2, 0) is 13.9 Å². The second-order valence-corrected chi connectivity index (χ2v) is 22.8. The molecular formula is C46H66O4Si. The van der Waals surface area contributed by atoms with E-state index in [2.05, 4.69) is 119 Å². The highest BCUT2D eigenvalue weighted by Crippen LogP contribution is 2.67. The summed E-state index contributed by atoms with van der Waals surface area (Å²) < 4.78 is 19.2. The molecule has 2 aromatic carbocycles. The van der Waals surface area contributed by atoms with Gasteiger partial charge in [-0.15, -0.1) is 0 Å². The Morgan fingerprint density at radius 1 is 0.922 bits per heavy atom. The van der Waals surface area contributed by atoms with Crippen LogP contribution in [-0.4, -0.2) is 43.6 Å². The molecule has 51 heavy (non-hydrogen) atoms. The summed E-state index contributed by atoms with van der Waals surface area (Å²) in [6.07, 6.45) is 14.4. The van der Waals surface area contributed by atoms with E-state index in [1.807, 2.05) is 27.7 Å². The zero-order valence-electron chi connectivity index (χ0n) is 33.1. The van der Waals surface area contributed by atoms with Gasteiger partial charge in [0.05, 0.1) is 5.60 Å². The summed E-state index contributed by atoms with van der Waals surface area (Å²) in [6, 6.07) is 22.1. The molecule has 1 N–H and O–H groups in total. The zero-order chi connectivity index (χ0) is 36.7. The largest absolute Gasteiger partial charge is 0.404 e. The van der Waals surface area contributed by atoms with Gasteiger partial charge >= 0.3 is 0 Å². The molecule has 0 bridgehead atoms. The lowest BCUT2D eigenvalue weighted by Gasteiger charge is -2.50. The monoisotopic (exact) mass is 710 g/mol. The fraction of sp³-hybridized carbons (Fsp3) is 0.652. The van der Waals surface area contributed by atoms with Gasteiger partial charge in [0.15, 0.2) is 6.29 Å². The fourth-order valence-corrected chi connectivity index (χ4v) is 15.9. The Morgan fingerprint density at radius 3 is 2.18 bits per heavy atom. The van der Waals surface area contributed by atoms with Crippen molar-refractivity contribution in [3.8, 4) is 11.8 Å². The van der Waals surface area contributed by atoms with Gasteiger partial charge in [-0.1, -0.05) is 119 Å². The van der Waals surface area contributed by atoms with Gasteiger partial charge in [-0.3, -0.25) is 0 Å². The lowest BCUT2D eigenvalue weighted by Crippen LogP contribution is -2.67. The van der Waals surface area contributed by atoms with Gasteiger partial charge in [0.1, 0.15) is 5.60 Å². The van der Waals surface area contributed by atoms with E-state index in [4.69, 9.17) is 13.9 Å². The highest BCUT2D eigenvalue weighted by Gasteiger charge is 2.62. The van der Waals surface area contributed by atoms with Crippen molar-refractivity contribution < 1.29 is 19.0 Å². The normalized spacial score (nSPS) is 33.3. The fourth-order valence-electron chi connectivity index (χ4n) is 11.2. The van der Waals surface area contributed by atoms with E-state index < -0.39 is 19.5 Å². The Morgan fingerprint density at radius 2 is 1.57 bits per heavy atom. The van der Waals surface area contributed by atoms with E-state index in [0.29, 0.717) is 30.3 Å². The molecule has 4 saturated carbocycles. The van der Waals surface area contributed by atoms with Crippen LogP contribution in [0.1, 0.15) is 120 Å². The van der Waals surface area contributed by atoms with Gasteiger partial charge in [0.2, 0.25) is 0 Å². The second kappa shape index (κ2) is 14.6. The van der Waals surface area contributed by atoms with Gasteiger partial charge < -0.3 is 19.0 Å². The topological polar surface area (TPSA) is 47.9 Å². The first-order chi connectivity index (χ1) is 24.1.